The van der Waals surface area contributed by atoms with Crippen LogP contribution in [0.4, 0.5) is 0 Å². The van der Waals surface area contributed by atoms with Gasteiger partial charge in [0.05, 0.1) is 12.7 Å². The lowest BCUT2D eigenvalue weighted by molar-refractivity contribution is 0.210. The van der Waals surface area contributed by atoms with Gasteiger partial charge >= 0.3 is 0 Å². The molecule has 10 heavy (non-hydrogen) atoms. The van der Waals surface area contributed by atoms with Gasteiger partial charge in [0.25, 0.3) is 0 Å². The van der Waals surface area contributed by atoms with E-state index in [4.69, 9.17) is 9.84 Å². The molecule has 0 aromatic heterocycles. The van der Waals surface area contributed by atoms with Crippen molar-refractivity contribution in [2.24, 2.45) is 0 Å². The first kappa shape index (κ1) is 9.40. The number of rotatable bonds is 4. The van der Waals surface area contributed by atoms with Crippen LogP contribution in [-0.4, -0.2) is 24.9 Å². The number of hydrogen-bond donors (Lipinski definition) is 1. The van der Waals surface area contributed by atoms with E-state index < -0.39 is 6.10 Å². The van der Waals surface area contributed by atoms with Crippen LogP contribution in [0.5, 0.6) is 0 Å². The van der Waals surface area contributed by atoms with Crippen LogP contribution in [0.1, 0.15) is 6.92 Å². The van der Waals surface area contributed by atoms with E-state index in [9.17, 15) is 0 Å². The number of hydrogen-bond acceptors (Lipinski definition) is 2. The zero-order valence-corrected chi connectivity index (χ0v) is 6.55. The van der Waals surface area contributed by atoms with Crippen molar-refractivity contribution in [2.45, 2.75) is 13.0 Å². The molecular weight excluding hydrogens is 128 g/mol. The van der Waals surface area contributed by atoms with E-state index in [0.717, 1.165) is 5.57 Å². The van der Waals surface area contributed by atoms with Crippen molar-refractivity contribution in [2.75, 3.05) is 13.7 Å². The highest BCUT2D eigenvalue weighted by Crippen LogP contribution is 2.09. The Morgan fingerprint density at radius 1 is 1.60 bits per heavy atom. The highest BCUT2D eigenvalue weighted by molar-refractivity contribution is 5.28. The number of ether oxygens (including phenoxy) is 1. The average molecular weight is 142 g/mol. The van der Waals surface area contributed by atoms with Crippen molar-refractivity contribution in [1.29, 1.82) is 0 Å². The van der Waals surface area contributed by atoms with Crippen molar-refractivity contribution in [3.8, 4) is 0 Å². The van der Waals surface area contributed by atoms with Gasteiger partial charge in [0.2, 0.25) is 0 Å². The van der Waals surface area contributed by atoms with Gasteiger partial charge in [0, 0.05) is 7.11 Å². The maximum atomic E-state index is 9.00. The van der Waals surface area contributed by atoms with E-state index in [1.807, 2.05) is 0 Å². The van der Waals surface area contributed by atoms with Crippen molar-refractivity contribution < 1.29 is 9.84 Å². The van der Waals surface area contributed by atoms with Gasteiger partial charge in [0.15, 0.2) is 0 Å². The third kappa shape index (κ3) is 2.80. The summed E-state index contributed by atoms with van der Waals surface area (Å²) in [6.07, 6.45) is -0.525. The van der Waals surface area contributed by atoms with E-state index in [0.29, 0.717) is 12.2 Å². The van der Waals surface area contributed by atoms with Crippen molar-refractivity contribution in [3.05, 3.63) is 24.3 Å². The number of aliphatic hydroxyl groups excluding tert-OH is 1. The minimum atomic E-state index is -0.525. The Balaban J connectivity index is 3.83. The largest absolute Gasteiger partial charge is 0.389 e. The van der Waals surface area contributed by atoms with Crippen LogP contribution < -0.4 is 0 Å². The van der Waals surface area contributed by atoms with E-state index >= 15 is 0 Å². The third-order valence-electron chi connectivity index (χ3n) is 1.28. The molecule has 0 bridgehead atoms. The van der Waals surface area contributed by atoms with Crippen LogP contribution in [0, 0.1) is 0 Å². The highest BCUT2D eigenvalue weighted by atomic mass is 16.5. The Hall–Kier alpha value is -0.600. The summed E-state index contributed by atoms with van der Waals surface area (Å²) in [7, 11) is 1.58. The van der Waals surface area contributed by atoms with Gasteiger partial charge < -0.3 is 9.84 Å². The minimum absolute atomic E-state index is 0.434. The molecule has 0 aliphatic rings. The molecule has 1 atom stereocenters. The molecule has 2 nitrogen and oxygen atoms in total. The Morgan fingerprint density at radius 3 is 2.40 bits per heavy atom. The Bertz CT molecular complexity index is 136. The monoisotopic (exact) mass is 142 g/mol. The van der Waals surface area contributed by atoms with E-state index in [-0.39, 0.29) is 0 Å². The summed E-state index contributed by atoms with van der Waals surface area (Å²) in [6, 6.07) is 0. The van der Waals surface area contributed by atoms with Crippen LogP contribution in [0.15, 0.2) is 24.3 Å². The summed E-state index contributed by atoms with van der Waals surface area (Å²) in [5.41, 5.74) is 1.39. The van der Waals surface area contributed by atoms with Crippen molar-refractivity contribution in [1.82, 2.24) is 0 Å². The maximum absolute atomic E-state index is 9.00. The average Bonchev–Trinajstić information content (AvgIpc) is 1.87. The van der Waals surface area contributed by atoms with Gasteiger partial charge in [-0.2, -0.15) is 0 Å². The molecule has 0 rings (SSSR count). The van der Waals surface area contributed by atoms with Crippen LogP contribution in [-0.2, 0) is 4.74 Å². The van der Waals surface area contributed by atoms with Gasteiger partial charge in [-0.3, -0.25) is 0 Å². The predicted octanol–water partition coefficient (Wildman–Crippen LogP) is 1.13. The lowest BCUT2D eigenvalue weighted by Gasteiger charge is -2.10. The zero-order chi connectivity index (χ0) is 8.15. The maximum Gasteiger partial charge on any atom is 0.0759 e. The molecule has 0 fully saturated rings. The molecule has 0 aliphatic heterocycles. The topological polar surface area (TPSA) is 29.5 Å². The molecule has 2 heteroatoms. The van der Waals surface area contributed by atoms with Crippen LogP contribution in [0.2, 0.25) is 0 Å². The Labute approximate surface area is 61.8 Å². The molecule has 0 aromatic rings. The summed E-state index contributed by atoms with van der Waals surface area (Å²) in [6.45, 7) is 9.41. The van der Waals surface area contributed by atoms with E-state index in [1.54, 1.807) is 14.0 Å². The molecule has 1 N–H and O–H groups in total. The van der Waals surface area contributed by atoms with E-state index in [2.05, 4.69) is 13.2 Å². The summed E-state index contributed by atoms with van der Waals surface area (Å²) in [4.78, 5) is 0. The second-order valence-electron chi connectivity index (χ2n) is 2.24. The molecule has 0 radical (unpaired) electrons. The first-order valence-corrected chi connectivity index (χ1v) is 3.13. The third-order valence-corrected chi connectivity index (χ3v) is 1.28. The molecule has 0 aliphatic carbocycles. The second-order valence-corrected chi connectivity index (χ2v) is 2.24. The fourth-order valence-corrected chi connectivity index (χ4v) is 0.562. The smallest absolute Gasteiger partial charge is 0.0759 e. The lowest BCUT2D eigenvalue weighted by atomic mass is 10.1. The predicted molar refractivity (Wildman–Crippen MR) is 41.8 cm³/mol. The fraction of sp³-hybridized carbons (Fsp3) is 0.500. The molecule has 0 spiro atoms. The molecule has 0 amide bonds. The summed E-state index contributed by atoms with van der Waals surface area (Å²) in [5.74, 6) is 0. The lowest BCUT2D eigenvalue weighted by Crippen LogP contribution is -2.08. The molecule has 0 saturated heterocycles. The van der Waals surface area contributed by atoms with E-state index in [1.165, 1.54) is 0 Å². The summed E-state index contributed by atoms with van der Waals surface area (Å²) >= 11 is 0. The Morgan fingerprint density at radius 2 is 2.10 bits per heavy atom. The van der Waals surface area contributed by atoms with Crippen molar-refractivity contribution >= 4 is 0 Å². The molecular formula is C8H14O2. The van der Waals surface area contributed by atoms with Crippen LogP contribution in [0.3, 0.4) is 0 Å². The highest BCUT2D eigenvalue weighted by Gasteiger charge is 2.04. The molecule has 1 unspecified atom stereocenters. The standard InChI is InChI=1S/C8H14O2/c1-6(5-10-4)7(2)8(3)9/h8-9H,1-2,5H2,3-4H3. The minimum Gasteiger partial charge on any atom is -0.389 e. The summed E-state index contributed by atoms with van der Waals surface area (Å²) < 4.78 is 4.80. The molecule has 58 valence electrons. The molecule has 0 saturated carbocycles. The zero-order valence-electron chi connectivity index (χ0n) is 6.55. The quantitative estimate of drug-likeness (QED) is 0.596. The van der Waals surface area contributed by atoms with Gasteiger partial charge in [-0.05, 0) is 18.1 Å². The van der Waals surface area contributed by atoms with Crippen molar-refractivity contribution in [3.63, 3.8) is 0 Å². The van der Waals surface area contributed by atoms with Gasteiger partial charge in [-0.15, -0.1) is 0 Å². The van der Waals surface area contributed by atoms with Gasteiger partial charge in [-0.25, -0.2) is 0 Å². The van der Waals surface area contributed by atoms with Gasteiger partial charge in [-0.1, -0.05) is 13.2 Å². The Kier molecular flexibility index (Phi) is 4.00. The van der Waals surface area contributed by atoms with Crippen LogP contribution >= 0.6 is 0 Å². The number of methoxy groups -OCH3 is 1. The first-order valence-electron chi connectivity index (χ1n) is 3.13. The second kappa shape index (κ2) is 4.25. The normalized spacial score (nSPS) is 12.7. The van der Waals surface area contributed by atoms with Crippen LogP contribution in [0.25, 0.3) is 0 Å². The van der Waals surface area contributed by atoms with Gasteiger partial charge in [0.1, 0.15) is 0 Å². The SMILES string of the molecule is C=C(COC)C(=C)C(C)O. The molecule has 0 heterocycles. The molecule has 0 aromatic carbocycles. The summed E-state index contributed by atoms with van der Waals surface area (Å²) in [5, 5.41) is 9.00. The number of aliphatic hydroxyl groups is 1. The fourth-order valence-electron chi connectivity index (χ4n) is 0.562. The first-order chi connectivity index (χ1) is 4.59.